The maximum atomic E-state index is 12.9. The zero-order valence-corrected chi connectivity index (χ0v) is 21.0. The van der Waals surface area contributed by atoms with E-state index in [9.17, 15) is 13.2 Å². The first-order valence-electron chi connectivity index (χ1n) is 10.9. The minimum Gasteiger partial charge on any atom is -0.493 e. The van der Waals surface area contributed by atoms with E-state index in [1.807, 2.05) is 6.92 Å². The smallest absolute Gasteiger partial charge is 0.250 e. The monoisotopic (exact) mass is 503 g/mol. The molecule has 0 radical (unpaired) electrons. The van der Waals surface area contributed by atoms with Crippen molar-refractivity contribution in [2.24, 2.45) is 0 Å². The Bertz CT molecular complexity index is 1160. The molecule has 0 aliphatic carbocycles. The Balaban J connectivity index is 1.57. The first kappa shape index (κ1) is 25.7. The lowest BCUT2D eigenvalue weighted by atomic mass is 10.1. The van der Waals surface area contributed by atoms with Gasteiger partial charge in [0.15, 0.2) is 16.6 Å². The fraction of sp³-hybridized carbons (Fsp3) is 0.333. The van der Waals surface area contributed by atoms with Gasteiger partial charge >= 0.3 is 0 Å². The second kappa shape index (κ2) is 11.5. The molecule has 1 aliphatic rings. The van der Waals surface area contributed by atoms with Crippen molar-refractivity contribution in [2.45, 2.75) is 37.1 Å². The SMILES string of the molecule is COc1ccc(/C=C/C(=O)NC(=S)Nc2ccc(S(=O)(=O)N3CCCCC3C)cc2)cc1OC. The predicted molar refractivity (Wildman–Crippen MR) is 137 cm³/mol. The fourth-order valence-corrected chi connectivity index (χ4v) is 5.64. The summed E-state index contributed by atoms with van der Waals surface area (Å²) in [7, 11) is -0.450. The Kier molecular flexibility index (Phi) is 8.65. The second-order valence-electron chi connectivity index (χ2n) is 7.88. The van der Waals surface area contributed by atoms with Crippen LogP contribution in [0, 0.1) is 0 Å². The van der Waals surface area contributed by atoms with Crippen molar-refractivity contribution in [1.29, 1.82) is 0 Å². The number of benzene rings is 2. The summed E-state index contributed by atoms with van der Waals surface area (Å²) in [6.07, 6.45) is 5.76. The molecule has 3 rings (SSSR count). The van der Waals surface area contributed by atoms with E-state index in [0.29, 0.717) is 23.7 Å². The molecule has 1 unspecified atom stereocenters. The van der Waals surface area contributed by atoms with Gasteiger partial charge in [0, 0.05) is 24.4 Å². The molecule has 1 saturated heterocycles. The van der Waals surface area contributed by atoms with Crippen molar-refractivity contribution in [3.63, 3.8) is 0 Å². The number of rotatable bonds is 7. The molecule has 8 nitrogen and oxygen atoms in total. The van der Waals surface area contributed by atoms with Gasteiger partial charge < -0.3 is 14.8 Å². The van der Waals surface area contributed by atoms with Crippen molar-refractivity contribution >= 4 is 45.0 Å². The standard InChI is InChI=1S/C24H29N3O5S2/c1-17-6-4-5-15-27(17)34(29,30)20-11-9-19(10-12-20)25-24(33)26-23(28)14-8-18-7-13-21(31-2)22(16-18)32-3/h7-14,16-17H,4-6,15H2,1-3H3,(H2,25,26,28,33)/b14-8+. The molecule has 1 heterocycles. The zero-order valence-electron chi connectivity index (χ0n) is 19.4. The Hall–Kier alpha value is -2.95. The molecule has 10 heteroatoms. The van der Waals surface area contributed by atoms with Crippen LogP contribution < -0.4 is 20.1 Å². The van der Waals surface area contributed by atoms with Crippen molar-refractivity contribution in [3.05, 3.63) is 54.1 Å². The number of nitrogens with zero attached hydrogens (tertiary/aromatic N) is 1. The van der Waals surface area contributed by atoms with E-state index in [1.54, 1.807) is 60.0 Å². The van der Waals surface area contributed by atoms with Crippen molar-refractivity contribution in [3.8, 4) is 11.5 Å². The Morgan fingerprint density at radius 2 is 1.79 bits per heavy atom. The van der Waals surface area contributed by atoms with Crippen molar-refractivity contribution in [2.75, 3.05) is 26.1 Å². The Labute approximate surface area is 206 Å². The van der Waals surface area contributed by atoms with Crippen LogP contribution in [0.3, 0.4) is 0 Å². The minimum atomic E-state index is -3.54. The number of piperidine rings is 1. The number of hydrogen-bond acceptors (Lipinski definition) is 6. The molecule has 0 bridgehead atoms. The number of thiocarbonyl (C=S) groups is 1. The van der Waals surface area contributed by atoms with Gasteiger partial charge in [0.25, 0.3) is 0 Å². The number of sulfonamides is 1. The highest BCUT2D eigenvalue weighted by molar-refractivity contribution is 7.89. The third-order valence-electron chi connectivity index (χ3n) is 5.53. The molecule has 2 N–H and O–H groups in total. The van der Waals surface area contributed by atoms with Crippen LogP contribution in [-0.4, -0.2) is 50.5 Å². The molecule has 1 amide bonds. The highest BCUT2D eigenvalue weighted by atomic mass is 32.2. The number of hydrogen-bond donors (Lipinski definition) is 2. The second-order valence-corrected chi connectivity index (χ2v) is 10.2. The lowest BCUT2D eigenvalue weighted by Crippen LogP contribution is -2.41. The quantitative estimate of drug-likeness (QED) is 0.438. The third-order valence-corrected chi connectivity index (χ3v) is 7.76. The molecular formula is C24H29N3O5S2. The van der Waals surface area contributed by atoms with Crippen LogP contribution >= 0.6 is 12.2 Å². The average molecular weight is 504 g/mol. The lowest BCUT2D eigenvalue weighted by molar-refractivity contribution is -0.115. The Morgan fingerprint density at radius 3 is 2.44 bits per heavy atom. The highest BCUT2D eigenvalue weighted by Crippen LogP contribution is 2.28. The van der Waals surface area contributed by atoms with Crippen LogP contribution in [0.1, 0.15) is 31.7 Å². The lowest BCUT2D eigenvalue weighted by Gasteiger charge is -2.32. The van der Waals surface area contributed by atoms with E-state index < -0.39 is 15.9 Å². The van der Waals surface area contributed by atoms with Gasteiger partial charge in [-0.15, -0.1) is 0 Å². The Morgan fingerprint density at radius 1 is 1.09 bits per heavy atom. The molecule has 182 valence electrons. The van der Waals surface area contributed by atoms with E-state index in [0.717, 1.165) is 24.8 Å². The summed E-state index contributed by atoms with van der Waals surface area (Å²) in [6.45, 7) is 2.48. The van der Waals surface area contributed by atoms with Crippen LogP contribution in [0.5, 0.6) is 11.5 Å². The van der Waals surface area contributed by atoms with Crippen LogP contribution in [0.15, 0.2) is 53.4 Å². The number of amides is 1. The van der Waals surface area contributed by atoms with Gasteiger partial charge in [-0.2, -0.15) is 4.31 Å². The first-order chi connectivity index (χ1) is 16.2. The van der Waals surface area contributed by atoms with Gasteiger partial charge in [0.05, 0.1) is 19.1 Å². The van der Waals surface area contributed by atoms with Crippen molar-refractivity contribution in [1.82, 2.24) is 9.62 Å². The maximum Gasteiger partial charge on any atom is 0.250 e. The van der Waals surface area contributed by atoms with E-state index in [-0.39, 0.29) is 16.0 Å². The first-order valence-corrected chi connectivity index (χ1v) is 12.7. The summed E-state index contributed by atoms with van der Waals surface area (Å²) in [5, 5.41) is 5.56. The molecule has 1 aliphatic heterocycles. The molecular weight excluding hydrogens is 474 g/mol. The van der Waals surface area contributed by atoms with E-state index in [4.69, 9.17) is 21.7 Å². The van der Waals surface area contributed by atoms with Gasteiger partial charge in [-0.3, -0.25) is 10.1 Å². The van der Waals surface area contributed by atoms with E-state index >= 15 is 0 Å². The summed E-state index contributed by atoms with van der Waals surface area (Å²) in [5.41, 5.74) is 1.33. The minimum absolute atomic E-state index is 0.00796. The maximum absolute atomic E-state index is 12.9. The number of ether oxygens (including phenoxy) is 2. The molecule has 0 saturated carbocycles. The zero-order chi connectivity index (χ0) is 24.7. The topological polar surface area (TPSA) is 97.0 Å². The number of carbonyl (C=O) groups excluding carboxylic acids is 1. The third kappa shape index (κ3) is 6.34. The summed E-state index contributed by atoms with van der Waals surface area (Å²) in [4.78, 5) is 12.5. The van der Waals surface area contributed by atoms with Crippen molar-refractivity contribution < 1.29 is 22.7 Å². The van der Waals surface area contributed by atoms with Gasteiger partial charge in [-0.25, -0.2) is 8.42 Å². The highest BCUT2D eigenvalue weighted by Gasteiger charge is 2.30. The van der Waals surface area contributed by atoms with Crippen LogP contribution in [0.4, 0.5) is 5.69 Å². The van der Waals surface area contributed by atoms with Gasteiger partial charge in [-0.1, -0.05) is 12.5 Å². The molecule has 1 atom stereocenters. The largest absolute Gasteiger partial charge is 0.493 e. The molecule has 0 aromatic heterocycles. The molecule has 2 aromatic rings. The summed E-state index contributed by atoms with van der Waals surface area (Å²) in [6, 6.07) is 11.6. The predicted octanol–water partition coefficient (Wildman–Crippen LogP) is 3.79. The van der Waals surface area contributed by atoms with E-state index in [2.05, 4.69) is 10.6 Å². The summed E-state index contributed by atoms with van der Waals surface area (Å²) in [5.74, 6) is 0.742. The van der Waals surface area contributed by atoms with E-state index in [1.165, 1.54) is 13.2 Å². The van der Waals surface area contributed by atoms with Gasteiger partial charge in [0.1, 0.15) is 0 Å². The van der Waals surface area contributed by atoms with Gasteiger partial charge in [0.2, 0.25) is 15.9 Å². The molecule has 1 fully saturated rings. The number of anilines is 1. The molecule has 0 spiro atoms. The summed E-state index contributed by atoms with van der Waals surface area (Å²) >= 11 is 5.20. The van der Waals surface area contributed by atoms with Crippen LogP contribution in [0.25, 0.3) is 6.08 Å². The fourth-order valence-electron chi connectivity index (χ4n) is 3.72. The normalized spacial score (nSPS) is 16.7. The average Bonchev–Trinajstić information content (AvgIpc) is 2.83. The molecule has 34 heavy (non-hydrogen) atoms. The van der Waals surface area contributed by atoms with Crippen LogP contribution in [0.2, 0.25) is 0 Å². The number of nitrogens with one attached hydrogen (secondary N) is 2. The van der Waals surface area contributed by atoms with Gasteiger partial charge in [-0.05, 0) is 80.0 Å². The molecule has 2 aromatic carbocycles. The number of carbonyl (C=O) groups is 1. The van der Waals surface area contributed by atoms with Crippen LogP contribution in [-0.2, 0) is 14.8 Å². The summed E-state index contributed by atoms with van der Waals surface area (Å²) < 4.78 is 37.9. The number of methoxy groups -OCH3 is 2.